The molecule has 5 nitrogen and oxygen atoms in total. The predicted molar refractivity (Wildman–Crippen MR) is 63.8 cm³/mol. The largest absolute Gasteiger partial charge is 0.352 e. The third kappa shape index (κ3) is 3.77. The molecule has 0 aliphatic rings. The highest BCUT2D eigenvalue weighted by Gasteiger charge is 2.20. The number of nitro groups is 1. The summed E-state index contributed by atoms with van der Waals surface area (Å²) < 4.78 is 12.8. The monoisotopic (exact) mass is 304 g/mol. The minimum Gasteiger partial charge on any atom is -0.352 e. The highest BCUT2D eigenvalue weighted by Crippen LogP contribution is 2.19. The van der Waals surface area contributed by atoms with E-state index in [2.05, 4.69) is 21.2 Å². The minimum absolute atomic E-state index is 0.133. The van der Waals surface area contributed by atoms with E-state index in [1.807, 2.05) is 0 Å². The molecule has 0 aliphatic heterocycles. The van der Waals surface area contributed by atoms with E-state index in [0.29, 0.717) is 13.0 Å². The summed E-state index contributed by atoms with van der Waals surface area (Å²) in [4.78, 5) is 21.5. The van der Waals surface area contributed by atoms with Gasteiger partial charge in [-0.3, -0.25) is 14.9 Å². The van der Waals surface area contributed by atoms with Crippen molar-refractivity contribution in [1.82, 2.24) is 5.32 Å². The normalized spacial score (nSPS) is 10.0. The van der Waals surface area contributed by atoms with Gasteiger partial charge < -0.3 is 5.32 Å². The first-order valence-electron chi connectivity index (χ1n) is 4.84. The van der Waals surface area contributed by atoms with Crippen molar-refractivity contribution >= 4 is 27.5 Å². The van der Waals surface area contributed by atoms with Crippen LogP contribution in [0.3, 0.4) is 0 Å². The zero-order valence-electron chi connectivity index (χ0n) is 8.78. The van der Waals surface area contributed by atoms with Crippen LogP contribution in [0.1, 0.15) is 16.8 Å². The van der Waals surface area contributed by atoms with E-state index in [4.69, 9.17) is 0 Å². The first kappa shape index (κ1) is 13.6. The molecule has 17 heavy (non-hydrogen) atoms. The minimum atomic E-state index is -0.775. The van der Waals surface area contributed by atoms with Crippen LogP contribution in [-0.4, -0.2) is 22.7 Å². The van der Waals surface area contributed by atoms with Crippen LogP contribution >= 0.6 is 15.9 Å². The van der Waals surface area contributed by atoms with Gasteiger partial charge in [0.25, 0.3) is 11.6 Å². The van der Waals surface area contributed by atoms with Gasteiger partial charge in [0.1, 0.15) is 11.4 Å². The molecule has 1 amide bonds. The Morgan fingerprint density at radius 2 is 2.24 bits per heavy atom. The van der Waals surface area contributed by atoms with Crippen molar-refractivity contribution in [2.45, 2.75) is 6.42 Å². The number of carbonyl (C=O) groups excluding carboxylic acids is 1. The maximum atomic E-state index is 12.8. The lowest BCUT2D eigenvalue weighted by Gasteiger charge is -2.04. The molecule has 1 aromatic rings. The quantitative estimate of drug-likeness (QED) is 0.392. The number of halogens is 2. The zero-order chi connectivity index (χ0) is 12.8. The number of nitro benzene ring substituents is 1. The van der Waals surface area contributed by atoms with Gasteiger partial charge in [0.2, 0.25) is 0 Å². The van der Waals surface area contributed by atoms with Crippen molar-refractivity contribution < 1.29 is 14.1 Å². The van der Waals surface area contributed by atoms with Crippen molar-refractivity contribution in [3.05, 3.63) is 39.7 Å². The van der Waals surface area contributed by atoms with Crippen LogP contribution in [0.5, 0.6) is 0 Å². The lowest BCUT2D eigenvalue weighted by atomic mass is 10.1. The Kier molecular flexibility index (Phi) is 5.02. The predicted octanol–water partition coefficient (Wildman–Crippen LogP) is 2.25. The molecule has 0 fully saturated rings. The van der Waals surface area contributed by atoms with Crippen LogP contribution in [0.25, 0.3) is 0 Å². The summed E-state index contributed by atoms with van der Waals surface area (Å²) in [7, 11) is 0. The third-order valence-electron chi connectivity index (χ3n) is 2.00. The molecule has 1 N–H and O–H groups in total. The van der Waals surface area contributed by atoms with Gasteiger partial charge in [-0.15, -0.1) is 0 Å². The number of amides is 1. The Morgan fingerprint density at radius 3 is 2.82 bits per heavy atom. The summed E-state index contributed by atoms with van der Waals surface area (Å²) in [6.07, 6.45) is 0.709. The SMILES string of the molecule is O=C(NCCCBr)c1ccc(F)cc1[N+](=O)[O-]. The van der Waals surface area contributed by atoms with Gasteiger partial charge >= 0.3 is 0 Å². The van der Waals surface area contributed by atoms with Crippen LogP contribution in [0.15, 0.2) is 18.2 Å². The van der Waals surface area contributed by atoms with Crippen LogP contribution in [-0.2, 0) is 0 Å². The topological polar surface area (TPSA) is 72.2 Å². The number of benzene rings is 1. The smallest absolute Gasteiger partial charge is 0.285 e. The standard InChI is InChI=1S/C10H10BrFN2O3/c11-4-1-5-13-10(15)8-3-2-7(12)6-9(8)14(16)17/h2-3,6H,1,4-5H2,(H,13,15). The van der Waals surface area contributed by atoms with Gasteiger partial charge in [0.15, 0.2) is 0 Å². The van der Waals surface area contributed by atoms with Gasteiger partial charge in [-0.1, -0.05) is 15.9 Å². The number of hydrogen-bond acceptors (Lipinski definition) is 3. The average Bonchev–Trinajstić information content (AvgIpc) is 2.29. The molecule has 0 bridgehead atoms. The van der Waals surface area contributed by atoms with Crippen molar-refractivity contribution in [3.63, 3.8) is 0 Å². The number of rotatable bonds is 5. The molecule has 7 heteroatoms. The van der Waals surface area contributed by atoms with E-state index in [0.717, 1.165) is 23.5 Å². The van der Waals surface area contributed by atoms with Gasteiger partial charge in [-0.2, -0.15) is 0 Å². The fourth-order valence-corrected chi connectivity index (χ4v) is 1.49. The van der Waals surface area contributed by atoms with Crippen LogP contribution in [0, 0.1) is 15.9 Å². The molecule has 0 aromatic heterocycles. The molecule has 0 saturated heterocycles. The van der Waals surface area contributed by atoms with Crippen molar-refractivity contribution in [2.75, 3.05) is 11.9 Å². The van der Waals surface area contributed by atoms with Gasteiger partial charge in [-0.05, 0) is 18.6 Å². The molecular weight excluding hydrogens is 295 g/mol. The fourth-order valence-electron chi connectivity index (χ4n) is 1.21. The highest BCUT2D eigenvalue weighted by molar-refractivity contribution is 9.09. The molecule has 92 valence electrons. The first-order chi connectivity index (χ1) is 8.06. The van der Waals surface area contributed by atoms with Gasteiger partial charge in [-0.25, -0.2) is 4.39 Å². The van der Waals surface area contributed by atoms with Gasteiger partial charge in [0, 0.05) is 11.9 Å². The van der Waals surface area contributed by atoms with Crippen LogP contribution in [0.4, 0.5) is 10.1 Å². The second kappa shape index (κ2) is 6.29. The van der Waals surface area contributed by atoms with Crippen LogP contribution in [0.2, 0.25) is 0 Å². The molecule has 0 heterocycles. The summed E-state index contributed by atoms with van der Waals surface area (Å²) in [6, 6.07) is 2.86. The molecule has 0 unspecified atom stereocenters. The third-order valence-corrected chi connectivity index (χ3v) is 2.56. The number of carbonyl (C=O) groups is 1. The molecule has 0 atom stereocenters. The fraction of sp³-hybridized carbons (Fsp3) is 0.300. The second-order valence-corrected chi connectivity index (χ2v) is 4.01. The molecule has 0 saturated carbocycles. The van der Waals surface area contributed by atoms with E-state index in [1.165, 1.54) is 0 Å². The molecular formula is C10H10BrFN2O3. The first-order valence-corrected chi connectivity index (χ1v) is 5.96. The number of nitrogens with one attached hydrogen (secondary N) is 1. The highest BCUT2D eigenvalue weighted by atomic mass is 79.9. The molecule has 1 rings (SSSR count). The van der Waals surface area contributed by atoms with Crippen molar-refractivity contribution in [2.24, 2.45) is 0 Å². The molecule has 0 aliphatic carbocycles. The summed E-state index contributed by atoms with van der Waals surface area (Å²) in [5, 5.41) is 13.9. The van der Waals surface area contributed by atoms with E-state index >= 15 is 0 Å². The van der Waals surface area contributed by atoms with E-state index in [9.17, 15) is 19.3 Å². The van der Waals surface area contributed by atoms with Crippen molar-refractivity contribution in [1.29, 1.82) is 0 Å². The summed E-state index contributed by atoms with van der Waals surface area (Å²) in [5.41, 5.74) is -0.660. The molecule has 0 spiro atoms. The Bertz CT molecular complexity index is 440. The number of hydrogen-bond donors (Lipinski definition) is 1. The summed E-state index contributed by atoms with van der Waals surface area (Å²) in [6.45, 7) is 0.401. The molecule has 1 aromatic carbocycles. The van der Waals surface area contributed by atoms with E-state index < -0.39 is 22.3 Å². The maximum Gasteiger partial charge on any atom is 0.285 e. The Hall–Kier alpha value is -1.50. The number of alkyl halides is 1. The number of nitrogens with zero attached hydrogens (tertiary/aromatic N) is 1. The maximum absolute atomic E-state index is 12.8. The lowest BCUT2D eigenvalue weighted by Crippen LogP contribution is -2.25. The average molecular weight is 305 g/mol. The zero-order valence-corrected chi connectivity index (χ0v) is 10.4. The van der Waals surface area contributed by atoms with Gasteiger partial charge in [0.05, 0.1) is 11.0 Å². The Morgan fingerprint density at radius 1 is 1.53 bits per heavy atom. The van der Waals surface area contributed by atoms with Crippen LogP contribution < -0.4 is 5.32 Å². The Balaban J connectivity index is 2.89. The van der Waals surface area contributed by atoms with E-state index in [1.54, 1.807) is 0 Å². The summed E-state index contributed by atoms with van der Waals surface area (Å²) >= 11 is 3.19. The Labute approximate surface area is 105 Å². The summed E-state index contributed by atoms with van der Waals surface area (Å²) in [5.74, 6) is -1.31. The second-order valence-electron chi connectivity index (χ2n) is 3.22. The lowest BCUT2D eigenvalue weighted by molar-refractivity contribution is -0.385. The van der Waals surface area contributed by atoms with E-state index in [-0.39, 0.29) is 5.56 Å². The molecule has 0 radical (unpaired) electrons. The van der Waals surface area contributed by atoms with Crippen molar-refractivity contribution in [3.8, 4) is 0 Å².